The van der Waals surface area contributed by atoms with Crippen LogP contribution in [0.4, 0.5) is 0 Å². The van der Waals surface area contributed by atoms with Gasteiger partial charge in [0, 0.05) is 34.0 Å². The maximum Gasteiger partial charge on any atom is 0.272 e. The van der Waals surface area contributed by atoms with Crippen LogP contribution in [0.3, 0.4) is 0 Å². The standard InChI is InChI=1S/C19H26N4O3/c1-22-9-4-5-16(22)14-12-15(21-20-14)18(24)23-10-8-19(26-3)7-6-13(25-2)11-17(19)23/h4-5,9,12-13,17H,6-8,10-11H2,1-3H3,(H,20,21)/t13-,17-,19+/m0/s1. The molecule has 1 saturated carbocycles. The van der Waals surface area contributed by atoms with Crippen LogP contribution in [0.1, 0.15) is 36.2 Å². The van der Waals surface area contributed by atoms with Crippen molar-refractivity contribution >= 4 is 5.91 Å². The Hall–Kier alpha value is -2.12. The Kier molecular flexibility index (Phi) is 4.36. The molecule has 7 nitrogen and oxygen atoms in total. The van der Waals surface area contributed by atoms with E-state index in [9.17, 15) is 4.79 Å². The third-order valence-electron chi connectivity index (χ3n) is 6.15. The lowest BCUT2D eigenvalue weighted by Crippen LogP contribution is -2.53. The van der Waals surface area contributed by atoms with Gasteiger partial charge in [-0.15, -0.1) is 0 Å². The number of aryl methyl sites for hydroxylation is 1. The van der Waals surface area contributed by atoms with E-state index in [0.717, 1.165) is 37.1 Å². The number of carbonyl (C=O) groups excluding carboxylic acids is 1. The van der Waals surface area contributed by atoms with Crippen molar-refractivity contribution < 1.29 is 14.3 Å². The molecule has 0 unspecified atom stereocenters. The van der Waals surface area contributed by atoms with Crippen molar-refractivity contribution in [3.05, 3.63) is 30.1 Å². The van der Waals surface area contributed by atoms with Crippen LogP contribution < -0.4 is 0 Å². The summed E-state index contributed by atoms with van der Waals surface area (Å²) in [5.74, 6) is -0.0152. The molecule has 2 aromatic rings. The van der Waals surface area contributed by atoms with Crippen LogP contribution in [0.2, 0.25) is 0 Å². The summed E-state index contributed by atoms with van der Waals surface area (Å²) >= 11 is 0. The van der Waals surface area contributed by atoms with Crippen molar-refractivity contribution in [3.8, 4) is 11.4 Å². The molecular formula is C19H26N4O3. The zero-order valence-electron chi connectivity index (χ0n) is 15.6. The number of hydrogen-bond acceptors (Lipinski definition) is 4. The number of nitrogens with zero attached hydrogens (tertiary/aromatic N) is 3. The van der Waals surface area contributed by atoms with Gasteiger partial charge in [0.1, 0.15) is 11.4 Å². The molecule has 7 heteroatoms. The third-order valence-corrected chi connectivity index (χ3v) is 6.15. The Balaban J connectivity index is 1.58. The molecule has 2 fully saturated rings. The van der Waals surface area contributed by atoms with Gasteiger partial charge in [0.25, 0.3) is 5.91 Å². The van der Waals surface area contributed by atoms with Crippen molar-refractivity contribution in [2.24, 2.45) is 7.05 Å². The predicted molar refractivity (Wildman–Crippen MR) is 96.8 cm³/mol. The summed E-state index contributed by atoms with van der Waals surface area (Å²) in [6.45, 7) is 0.701. The Morgan fingerprint density at radius 3 is 2.92 bits per heavy atom. The van der Waals surface area contributed by atoms with Crippen LogP contribution in [0.25, 0.3) is 11.4 Å². The van der Waals surface area contributed by atoms with E-state index in [-0.39, 0.29) is 23.7 Å². The number of rotatable bonds is 4. The number of ether oxygens (including phenoxy) is 2. The van der Waals surface area contributed by atoms with Crippen molar-refractivity contribution in [1.82, 2.24) is 19.7 Å². The van der Waals surface area contributed by atoms with Crippen LogP contribution in [0.5, 0.6) is 0 Å². The number of H-pyrrole nitrogens is 1. The first kappa shape index (κ1) is 17.3. The van der Waals surface area contributed by atoms with Gasteiger partial charge in [0.2, 0.25) is 0 Å². The van der Waals surface area contributed by atoms with Gasteiger partial charge in [-0.1, -0.05) is 0 Å². The number of likely N-dealkylation sites (tertiary alicyclic amines) is 1. The summed E-state index contributed by atoms with van der Waals surface area (Å²) in [6, 6.07) is 5.83. The molecule has 3 heterocycles. The largest absolute Gasteiger partial charge is 0.381 e. The molecule has 3 atom stereocenters. The third kappa shape index (κ3) is 2.66. The minimum atomic E-state index is -0.244. The zero-order valence-corrected chi connectivity index (χ0v) is 15.6. The van der Waals surface area contributed by atoms with E-state index in [1.54, 1.807) is 14.2 Å². The smallest absolute Gasteiger partial charge is 0.272 e. The Labute approximate surface area is 153 Å². The van der Waals surface area contributed by atoms with Gasteiger partial charge in [-0.2, -0.15) is 5.10 Å². The molecule has 1 aliphatic heterocycles. The fourth-order valence-electron chi connectivity index (χ4n) is 4.56. The lowest BCUT2D eigenvalue weighted by Gasteiger charge is -2.43. The topological polar surface area (TPSA) is 72.4 Å². The zero-order chi connectivity index (χ0) is 18.3. The average Bonchev–Trinajstić information content (AvgIpc) is 3.38. The first-order valence-corrected chi connectivity index (χ1v) is 9.14. The fourth-order valence-corrected chi connectivity index (χ4v) is 4.56. The molecule has 1 aliphatic carbocycles. The Bertz CT molecular complexity index is 798. The minimum absolute atomic E-state index is 0.0152. The average molecular weight is 358 g/mol. The summed E-state index contributed by atoms with van der Waals surface area (Å²) < 4.78 is 13.5. The monoisotopic (exact) mass is 358 g/mol. The van der Waals surface area contributed by atoms with Crippen LogP contribution in [-0.4, -0.2) is 64.1 Å². The maximum atomic E-state index is 13.2. The number of amides is 1. The molecule has 4 rings (SSSR count). The molecule has 2 aromatic heterocycles. The Morgan fingerprint density at radius 2 is 2.23 bits per heavy atom. The van der Waals surface area contributed by atoms with Crippen LogP contribution >= 0.6 is 0 Å². The summed E-state index contributed by atoms with van der Waals surface area (Å²) in [4.78, 5) is 15.1. The number of hydrogen-bond donors (Lipinski definition) is 1. The van der Waals surface area contributed by atoms with Crippen LogP contribution in [0, 0.1) is 0 Å². The van der Waals surface area contributed by atoms with Crippen LogP contribution in [-0.2, 0) is 16.5 Å². The molecule has 1 amide bonds. The number of carbonyl (C=O) groups is 1. The van der Waals surface area contributed by atoms with E-state index in [0.29, 0.717) is 12.2 Å². The molecule has 26 heavy (non-hydrogen) atoms. The summed E-state index contributed by atoms with van der Waals surface area (Å²) in [5.41, 5.74) is 2.03. The number of methoxy groups -OCH3 is 2. The van der Waals surface area contributed by atoms with E-state index in [2.05, 4.69) is 10.2 Å². The van der Waals surface area contributed by atoms with Gasteiger partial charge in [-0.05, 0) is 43.9 Å². The van der Waals surface area contributed by atoms with E-state index in [1.165, 1.54) is 0 Å². The highest BCUT2D eigenvalue weighted by atomic mass is 16.5. The molecule has 1 N–H and O–H groups in total. The second-order valence-electron chi connectivity index (χ2n) is 7.34. The predicted octanol–water partition coefficient (Wildman–Crippen LogP) is 2.21. The lowest BCUT2D eigenvalue weighted by molar-refractivity contribution is -0.0894. The highest BCUT2D eigenvalue weighted by Crippen LogP contribution is 2.43. The van der Waals surface area contributed by atoms with E-state index in [1.807, 2.05) is 40.9 Å². The van der Waals surface area contributed by atoms with Crippen molar-refractivity contribution in [2.75, 3.05) is 20.8 Å². The van der Waals surface area contributed by atoms with Gasteiger partial charge >= 0.3 is 0 Å². The van der Waals surface area contributed by atoms with Gasteiger partial charge in [-0.25, -0.2) is 0 Å². The number of aromatic nitrogens is 3. The second kappa shape index (κ2) is 6.55. The van der Waals surface area contributed by atoms with Crippen LogP contribution in [0.15, 0.2) is 24.4 Å². The van der Waals surface area contributed by atoms with Gasteiger partial charge < -0.3 is 18.9 Å². The molecule has 140 valence electrons. The summed E-state index contributed by atoms with van der Waals surface area (Å²) in [7, 11) is 5.47. The van der Waals surface area contributed by atoms with Gasteiger partial charge in [-0.3, -0.25) is 9.89 Å². The van der Waals surface area contributed by atoms with E-state index >= 15 is 0 Å². The highest BCUT2D eigenvalue weighted by molar-refractivity contribution is 5.94. The number of fused-ring (bicyclic) bond motifs is 1. The SMILES string of the molecule is CO[C@H]1CC[C@@]2(OC)CCN(C(=O)c3cc(-c4cccn4C)n[nH]3)[C@H]2C1. The molecule has 0 bridgehead atoms. The highest BCUT2D eigenvalue weighted by Gasteiger charge is 2.52. The molecule has 2 aliphatic rings. The number of nitrogens with one attached hydrogen (secondary N) is 1. The van der Waals surface area contributed by atoms with Crippen molar-refractivity contribution in [3.63, 3.8) is 0 Å². The molecule has 1 saturated heterocycles. The quantitative estimate of drug-likeness (QED) is 0.910. The number of aromatic amines is 1. The van der Waals surface area contributed by atoms with Gasteiger partial charge in [0.15, 0.2) is 0 Å². The van der Waals surface area contributed by atoms with Crippen molar-refractivity contribution in [1.29, 1.82) is 0 Å². The summed E-state index contributed by atoms with van der Waals surface area (Å²) in [5, 5.41) is 7.26. The first-order chi connectivity index (χ1) is 12.6. The van der Waals surface area contributed by atoms with Gasteiger partial charge in [0.05, 0.1) is 23.4 Å². The second-order valence-corrected chi connectivity index (χ2v) is 7.34. The lowest BCUT2D eigenvalue weighted by atomic mass is 9.79. The molecule has 0 spiro atoms. The summed E-state index contributed by atoms with van der Waals surface area (Å²) in [6.07, 6.45) is 5.73. The van der Waals surface area contributed by atoms with E-state index in [4.69, 9.17) is 9.47 Å². The normalized spacial score (nSPS) is 28.3. The molecular weight excluding hydrogens is 332 g/mol. The molecule has 0 aromatic carbocycles. The maximum absolute atomic E-state index is 13.2. The van der Waals surface area contributed by atoms with Crippen molar-refractivity contribution in [2.45, 2.75) is 43.4 Å². The Morgan fingerprint density at radius 1 is 1.38 bits per heavy atom. The fraction of sp³-hybridized carbons (Fsp3) is 0.579. The van der Waals surface area contributed by atoms with E-state index < -0.39 is 0 Å². The minimum Gasteiger partial charge on any atom is -0.381 e. The molecule has 0 radical (unpaired) electrons. The first-order valence-electron chi connectivity index (χ1n) is 9.14.